The van der Waals surface area contributed by atoms with E-state index >= 15 is 0 Å². The van der Waals surface area contributed by atoms with Crippen LogP contribution in [-0.2, 0) is 13.0 Å². The predicted molar refractivity (Wildman–Crippen MR) is 72.5 cm³/mol. The second-order valence-electron chi connectivity index (χ2n) is 3.82. The summed E-state index contributed by atoms with van der Waals surface area (Å²) in [7, 11) is 1.68. The molecular weight excluding hydrogens is 296 g/mol. The first-order valence-corrected chi connectivity index (χ1v) is 6.46. The number of benzene rings is 1. The highest BCUT2D eigenvalue weighted by atomic mass is 79.9. The molecule has 0 unspecified atom stereocenters. The van der Waals surface area contributed by atoms with E-state index in [4.69, 9.17) is 4.74 Å². The van der Waals surface area contributed by atoms with Gasteiger partial charge in [-0.25, -0.2) is 4.98 Å². The maximum Gasteiger partial charge on any atom is 0.137 e. The Kier molecular flexibility index (Phi) is 4.72. The Labute approximate surface area is 114 Å². The number of H-pyrrole nitrogens is 1. The lowest BCUT2D eigenvalue weighted by atomic mass is 10.2. The number of ether oxygens (including phenoxy) is 1. The van der Waals surface area contributed by atoms with Crippen LogP contribution in [0, 0.1) is 0 Å². The van der Waals surface area contributed by atoms with Gasteiger partial charge in [0.1, 0.15) is 17.9 Å². The molecule has 2 N–H and O–H groups in total. The minimum absolute atomic E-state index is 0.761. The van der Waals surface area contributed by atoms with Gasteiger partial charge in [0.15, 0.2) is 0 Å². The summed E-state index contributed by atoms with van der Waals surface area (Å²) in [6.45, 7) is 1.60. The van der Waals surface area contributed by atoms with Crippen LogP contribution in [0.2, 0.25) is 0 Å². The third-order valence-electron chi connectivity index (χ3n) is 2.56. The lowest BCUT2D eigenvalue weighted by Crippen LogP contribution is -2.17. The number of nitrogens with one attached hydrogen (secondary N) is 2. The Morgan fingerprint density at radius 1 is 1.44 bits per heavy atom. The molecule has 5 nitrogen and oxygen atoms in total. The molecule has 0 radical (unpaired) electrons. The first kappa shape index (κ1) is 13.0. The minimum Gasteiger partial charge on any atom is -0.496 e. The summed E-state index contributed by atoms with van der Waals surface area (Å²) >= 11 is 3.46. The molecule has 0 saturated heterocycles. The van der Waals surface area contributed by atoms with Gasteiger partial charge < -0.3 is 10.1 Å². The molecule has 0 amide bonds. The fourth-order valence-electron chi connectivity index (χ4n) is 1.67. The Morgan fingerprint density at radius 3 is 3.06 bits per heavy atom. The Hall–Kier alpha value is -1.40. The predicted octanol–water partition coefficient (Wildman–Crippen LogP) is 1.91. The molecule has 0 spiro atoms. The number of halogens is 1. The quantitative estimate of drug-likeness (QED) is 0.800. The number of aromatic amines is 1. The number of hydrogen-bond donors (Lipinski definition) is 2. The topological polar surface area (TPSA) is 62.8 Å². The molecule has 1 aromatic heterocycles. The van der Waals surface area contributed by atoms with Crippen molar-refractivity contribution in [3.8, 4) is 5.75 Å². The number of nitrogens with zero attached hydrogens (tertiary/aromatic N) is 2. The van der Waals surface area contributed by atoms with Crippen LogP contribution in [0.25, 0.3) is 0 Å². The SMILES string of the molecule is COc1ccc(Br)cc1CNCCc1ncn[nH]1. The second-order valence-corrected chi connectivity index (χ2v) is 4.73. The Morgan fingerprint density at radius 2 is 2.33 bits per heavy atom. The molecule has 0 fully saturated rings. The van der Waals surface area contributed by atoms with Crippen molar-refractivity contribution in [3.05, 3.63) is 40.4 Å². The molecule has 1 heterocycles. The molecule has 0 bridgehead atoms. The number of rotatable bonds is 6. The lowest BCUT2D eigenvalue weighted by Gasteiger charge is -2.09. The molecular formula is C12H15BrN4O. The molecule has 0 aliphatic heterocycles. The maximum atomic E-state index is 5.31. The molecule has 6 heteroatoms. The average Bonchev–Trinajstić information content (AvgIpc) is 2.88. The summed E-state index contributed by atoms with van der Waals surface area (Å²) in [5.41, 5.74) is 1.13. The zero-order chi connectivity index (χ0) is 12.8. The van der Waals surface area contributed by atoms with Gasteiger partial charge in [-0.3, -0.25) is 5.10 Å². The summed E-state index contributed by atoms with van der Waals surface area (Å²) < 4.78 is 6.37. The van der Waals surface area contributed by atoms with Crippen molar-refractivity contribution in [2.45, 2.75) is 13.0 Å². The first-order chi connectivity index (χ1) is 8.79. The van der Waals surface area contributed by atoms with E-state index in [1.54, 1.807) is 7.11 Å². The van der Waals surface area contributed by atoms with E-state index in [0.717, 1.165) is 41.1 Å². The van der Waals surface area contributed by atoms with E-state index in [1.807, 2.05) is 12.1 Å². The van der Waals surface area contributed by atoms with E-state index in [0.29, 0.717) is 0 Å². The van der Waals surface area contributed by atoms with Crippen molar-refractivity contribution in [2.24, 2.45) is 0 Å². The van der Waals surface area contributed by atoms with E-state index in [1.165, 1.54) is 6.33 Å². The highest BCUT2D eigenvalue weighted by molar-refractivity contribution is 9.10. The molecule has 0 saturated carbocycles. The van der Waals surface area contributed by atoms with Crippen LogP contribution in [0.4, 0.5) is 0 Å². The van der Waals surface area contributed by atoms with Crippen LogP contribution in [0.15, 0.2) is 29.0 Å². The van der Waals surface area contributed by atoms with Gasteiger partial charge in [-0.2, -0.15) is 5.10 Å². The molecule has 0 atom stereocenters. The largest absolute Gasteiger partial charge is 0.496 e. The number of hydrogen-bond acceptors (Lipinski definition) is 4. The Balaban J connectivity index is 1.84. The van der Waals surface area contributed by atoms with Crippen LogP contribution < -0.4 is 10.1 Å². The van der Waals surface area contributed by atoms with E-state index in [9.17, 15) is 0 Å². The summed E-state index contributed by atoms with van der Waals surface area (Å²) in [6.07, 6.45) is 2.35. The fraction of sp³-hybridized carbons (Fsp3) is 0.333. The Bertz CT molecular complexity index is 487. The highest BCUT2D eigenvalue weighted by Crippen LogP contribution is 2.22. The smallest absolute Gasteiger partial charge is 0.137 e. The first-order valence-electron chi connectivity index (χ1n) is 5.67. The average molecular weight is 311 g/mol. The van der Waals surface area contributed by atoms with Gasteiger partial charge in [-0.15, -0.1) is 0 Å². The van der Waals surface area contributed by atoms with Gasteiger partial charge in [-0.05, 0) is 18.2 Å². The summed E-state index contributed by atoms with van der Waals surface area (Å²) in [6, 6.07) is 5.98. The lowest BCUT2D eigenvalue weighted by molar-refractivity contribution is 0.407. The molecule has 0 aliphatic rings. The summed E-state index contributed by atoms with van der Waals surface area (Å²) in [4.78, 5) is 4.07. The van der Waals surface area contributed by atoms with Gasteiger partial charge in [-0.1, -0.05) is 15.9 Å². The standard InChI is InChI=1S/C12H15BrN4O/c1-18-11-3-2-10(13)6-9(11)7-14-5-4-12-15-8-16-17-12/h2-3,6,8,14H,4-5,7H2,1H3,(H,15,16,17). The van der Waals surface area contributed by atoms with Crippen molar-refractivity contribution in [3.63, 3.8) is 0 Å². The third-order valence-corrected chi connectivity index (χ3v) is 3.05. The van der Waals surface area contributed by atoms with Crippen molar-refractivity contribution in [1.82, 2.24) is 20.5 Å². The summed E-state index contributed by atoms with van der Waals surface area (Å²) in [5.74, 6) is 1.79. The number of aromatic nitrogens is 3. The van der Waals surface area contributed by atoms with Crippen LogP contribution in [0.5, 0.6) is 5.75 Å². The normalized spacial score (nSPS) is 10.6. The number of methoxy groups -OCH3 is 1. The van der Waals surface area contributed by atoms with Gasteiger partial charge in [0.25, 0.3) is 0 Å². The van der Waals surface area contributed by atoms with Crippen LogP contribution in [0.3, 0.4) is 0 Å². The van der Waals surface area contributed by atoms with Gasteiger partial charge >= 0.3 is 0 Å². The van der Waals surface area contributed by atoms with E-state index in [-0.39, 0.29) is 0 Å². The van der Waals surface area contributed by atoms with Gasteiger partial charge in [0.2, 0.25) is 0 Å². The van der Waals surface area contributed by atoms with Crippen LogP contribution >= 0.6 is 15.9 Å². The molecule has 96 valence electrons. The van der Waals surface area contributed by atoms with Crippen molar-refractivity contribution < 1.29 is 4.74 Å². The molecule has 2 aromatic rings. The second kappa shape index (κ2) is 6.51. The molecule has 18 heavy (non-hydrogen) atoms. The van der Waals surface area contributed by atoms with E-state index in [2.05, 4.69) is 42.5 Å². The van der Waals surface area contributed by atoms with Crippen molar-refractivity contribution in [2.75, 3.05) is 13.7 Å². The van der Waals surface area contributed by atoms with E-state index < -0.39 is 0 Å². The van der Waals surface area contributed by atoms with Gasteiger partial charge in [0.05, 0.1) is 7.11 Å². The molecule has 0 aliphatic carbocycles. The van der Waals surface area contributed by atoms with Crippen LogP contribution in [0.1, 0.15) is 11.4 Å². The summed E-state index contributed by atoms with van der Waals surface area (Å²) in [5, 5.41) is 10.00. The van der Waals surface area contributed by atoms with Crippen LogP contribution in [-0.4, -0.2) is 28.8 Å². The van der Waals surface area contributed by atoms with Crippen molar-refractivity contribution >= 4 is 15.9 Å². The molecule has 2 rings (SSSR count). The maximum absolute atomic E-state index is 5.31. The fourth-order valence-corrected chi connectivity index (χ4v) is 2.07. The highest BCUT2D eigenvalue weighted by Gasteiger charge is 2.03. The molecule has 1 aromatic carbocycles. The monoisotopic (exact) mass is 310 g/mol. The minimum atomic E-state index is 0.761. The zero-order valence-electron chi connectivity index (χ0n) is 10.1. The zero-order valence-corrected chi connectivity index (χ0v) is 11.7. The third kappa shape index (κ3) is 3.54. The van der Waals surface area contributed by atoms with Gasteiger partial charge in [0, 0.05) is 29.5 Å². The van der Waals surface area contributed by atoms with Crippen molar-refractivity contribution in [1.29, 1.82) is 0 Å².